The standard InChI is InChI=1S/C15H14N2O4S/c1-20-8-12-11-7-13(15(18)19)22-14(11)17(16-12)9-3-5-10(21-2)6-4-9/h3-7H,8H2,1-2H3,(H,18,19). The number of rotatable bonds is 5. The lowest BCUT2D eigenvalue weighted by Crippen LogP contribution is -1.98. The molecule has 0 bridgehead atoms. The SMILES string of the molecule is COCc1nn(-c2ccc(OC)cc2)c2sc(C(=O)O)cc12. The van der Waals surface area contributed by atoms with Gasteiger partial charge in [-0.15, -0.1) is 11.3 Å². The largest absolute Gasteiger partial charge is 0.497 e. The third-order valence-electron chi connectivity index (χ3n) is 3.25. The number of fused-ring (bicyclic) bond motifs is 1. The Bertz CT molecular complexity index is 820. The molecule has 2 aromatic heterocycles. The van der Waals surface area contributed by atoms with Crippen LogP contribution in [0.5, 0.6) is 5.75 Å². The highest BCUT2D eigenvalue weighted by atomic mass is 32.1. The summed E-state index contributed by atoms with van der Waals surface area (Å²) in [6, 6.07) is 9.07. The van der Waals surface area contributed by atoms with Crippen molar-refractivity contribution in [1.29, 1.82) is 0 Å². The summed E-state index contributed by atoms with van der Waals surface area (Å²) in [6.45, 7) is 0.329. The fraction of sp³-hybridized carbons (Fsp3) is 0.200. The summed E-state index contributed by atoms with van der Waals surface area (Å²) in [4.78, 5) is 12.3. The number of nitrogens with zero attached hydrogens (tertiary/aromatic N) is 2. The molecule has 0 aliphatic heterocycles. The number of benzene rings is 1. The number of hydrogen-bond acceptors (Lipinski definition) is 5. The maximum absolute atomic E-state index is 11.2. The lowest BCUT2D eigenvalue weighted by molar-refractivity contribution is 0.0702. The topological polar surface area (TPSA) is 73.6 Å². The van der Waals surface area contributed by atoms with E-state index in [9.17, 15) is 9.90 Å². The molecule has 0 atom stereocenters. The number of ether oxygens (including phenoxy) is 2. The van der Waals surface area contributed by atoms with Crippen LogP contribution in [0.4, 0.5) is 0 Å². The second-order valence-electron chi connectivity index (χ2n) is 4.62. The van der Waals surface area contributed by atoms with Crippen molar-refractivity contribution in [3.05, 3.63) is 40.9 Å². The van der Waals surface area contributed by atoms with E-state index in [1.54, 1.807) is 25.0 Å². The van der Waals surface area contributed by atoms with E-state index < -0.39 is 5.97 Å². The van der Waals surface area contributed by atoms with Gasteiger partial charge in [-0.3, -0.25) is 0 Å². The van der Waals surface area contributed by atoms with Gasteiger partial charge in [-0.05, 0) is 30.3 Å². The van der Waals surface area contributed by atoms with Gasteiger partial charge in [0.2, 0.25) is 0 Å². The summed E-state index contributed by atoms with van der Waals surface area (Å²) in [5.74, 6) is -0.187. The Hall–Kier alpha value is -2.38. The molecule has 114 valence electrons. The van der Waals surface area contributed by atoms with Crippen molar-refractivity contribution in [3.8, 4) is 11.4 Å². The highest BCUT2D eigenvalue weighted by Gasteiger charge is 2.18. The zero-order valence-electron chi connectivity index (χ0n) is 12.1. The van der Waals surface area contributed by atoms with E-state index in [4.69, 9.17) is 9.47 Å². The third-order valence-corrected chi connectivity index (χ3v) is 4.34. The highest BCUT2D eigenvalue weighted by Crippen LogP contribution is 2.31. The average molecular weight is 318 g/mol. The molecular formula is C15H14N2O4S. The molecule has 1 aromatic carbocycles. The summed E-state index contributed by atoms with van der Waals surface area (Å²) >= 11 is 1.20. The van der Waals surface area contributed by atoms with Crippen molar-refractivity contribution in [1.82, 2.24) is 9.78 Å². The van der Waals surface area contributed by atoms with E-state index in [2.05, 4.69) is 5.10 Å². The van der Waals surface area contributed by atoms with Crippen molar-refractivity contribution >= 4 is 27.5 Å². The van der Waals surface area contributed by atoms with Crippen LogP contribution in [0.3, 0.4) is 0 Å². The monoisotopic (exact) mass is 318 g/mol. The van der Waals surface area contributed by atoms with Crippen molar-refractivity contribution in [2.24, 2.45) is 0 Å². The molecule has 0 amide bonds. The fourth-order valence-corrected chi connectivity index (χ4v) is 3.20. The molecular weight excluding hydrogens is 304 g/mol. The lowest BCUT2D eigenvalue weighted by atomic mass is 10.3. The van der Waals surface area contributed by atoms with Gasteiger partial charge in [0.25, 0.3) is 0 Å². The van der Waals surface area contributed by atoms with Crippen molar-refractivity contribution in [2.75, 3.05) is 14.2 Å². The first kappa shape index (κ1) is 14.6. The number of hydrogen-bond donors (Lipinski definition) is 1. The van der Waals surface area contributed by atoms with Gasteiger partial charge in [0.05, 0.1) is 25.1 Å². The molecule has 0 saturated heterocycles. The second-order valence-corrected chi connectivity index (χ2v) is 5.65. The second kappa shape index (κ2) is 5.78. The van der Waals surface area contributed by atoms with E-state index >= 15 is 0 Å². The fourth-order valence-electron chi connectivity index (χ4n) is 2.21. The Morgan fingerprint density at radius 3 is 2.64 bits per heavy atom. The summed E-state index contributed by atoms with van der Waals surface area (Å²) in [7, 11) is 3.19. The minimum atomic E-state index is -0.939. The number of carboxylic acid groups (broad SMARTS) is 1. The average Bonchev–Trinajstić information content (AvgIpc) is 3.08. The maximum atomic E-state index is 11.2. The predicted molar refractivity (Wildman–Crippen MR) is 83.2 cm³/mol. The molecule has 0 fully saturated rings. The van der Waals surface area contributed by atoms with Crippen LogP contribution in [0.2, 0.25) is 0 Å². The van der Waals surface area contributed by atoms with Crippen molar-refractivity contribution < 1.29 is 19.4 Å². The van der Waals surface area contributed by atoms with Crippen LogP contribution in [0.15, 0.2) is 30.3 Å². The third kappa shape index (κ3) is 2.44. The molecule has 22 heavy (non-hydrogen) atoms. The number of methoxy groups -OCH3 is 2. The zero-order valence-corrected chi connectivity index (χ0v) is 12.9. The van der Waals surface area contributed by atoms with Crippen molar-refractivity contribution in [3.63, 3.8) is 0 Å². The molecule has 0 aliphatic carbocycles. The van der Waals surface area contributed by atoms with Crippen LogP contribution in [0.1, 0.15) is 15.4 Å². The molecule has 1 N–H and O–H groups in total. The number of carbonyl (C=O) groups is 1. The quantitative estimate of drug-likeness (QED) is 0.783. The van der Waals surface area contributed by atoms with Gasteiger partial charge in [0.1, 0.15) is 15.5 Å². The van der Waals surface area contributed by atoms with Crippen LogP contribution in [-0.4, -0.2) is 35.1 Å². The normalized spacial score (nSPS) is 11.0. The predicted octanol–water partition coefficient (Wildman–Crippen LogP) is 2.94. The van der Waals surface area contributed by atoms with Crippen LogP contribution in [0, 0.1) is 0 Å². The van der Waals surface area contributed by atoms with E-state index in [0.29, 0.717) is 6.61 Å². The minimum Gasteiger partial charge on any atom is -0.497 e. The first-order valence-electron chi connectivity index (χ1n) is 6.52. The van der Waals surface area contributed by atoms with Gasteiger partial charge in [-0.25, -0.2) is 9.48 Å². The molecule has 0 saturated carbocycles. The van der Waals surface area contributed by atoms with E-state index in [1.165, 1.54) is 11.3 Å². The van der Waals surface area contributed by atoms with Crippen LogP contribution in [-0.2, 0) is 11.3 Å². The first-order valence-corrected chi connectivity index (χ1v) is 7.33. The molecule has 3 rings (SSSR count). The summed E-state index contributed by atoms with van der Waals surface area (Å²) in [5.41, 5.74) is 1.56. The molecule has 3 aromatic rings. The van der Waals surface area contributed by atoms with Gasteiger partial charge in [-0.1, -0.05) is 0 Å². The van der Waals surface area contributed by atoms with E-state index in [0.717, 1.165) is 27.3 Å². The number of aromatic carboxylic acids is 1. The van der Waals surface area contributed by atoms with Gasteiger partial charge in [0, 0.05) is 12.5 Å². The maximum Gasteiger partial charge on any atom is 0.345 e. The zero-order chi connectivity index (χ0) is 15.7. The first-order chi connectivity index (χ1) is 10.6. The summed E-state index contributed by atoms with van der Waals surface area (Å²) in [6.07, 6.45) is 0. The highest BCUT2D eigenvalue weighted by molar-refractivity contribution is 7.20. The van der Waals surface area contributed by atoms with Crippen molar-refractivity contribution in [2.45, 2.75) is 6.61 Å². The summed E-state index contributed by atoms with van der Waals surface area (Å²) in [5, 5.41) is 14.5. The Balaban J connectivity index is 2.16. The molecule has 0 spiro atoms. The Labute approximate surface area is 130 Å². The number of thiophene rings is 1. The molecule has 6 nitrogen and oxygen atoms in total. The Morgan fingerprint density at radius 2 is 2.05 bits per heavy atom. The van der Waals surface area contributed by atoms with E-state index in [-0.39, 0.29) is 4.88 Å². The van der Waals surface area contributed by atoms with Crippen LogP contribution >= 0.6 is 11.3 Å². The Kier molecular flexibility index (Phi) is 3.82. The minimum absolute atomic E-state index is 0.284. The molecule has 7 heteroatoms. The number of carboxylic acids is 1. The van der Waals surface area contributed by atoms with Gasteiger partial charge in [0.15, 0.2) is 0 Å². The van der Waals surface area contributed by atoms with E-state index in [1.807, 2.05) is 24.3 Å². The molecule has 0 radical (unpaired) electrons. The van der Waals surface area contributed by atoms with Crippen LogP contribution in [0.25, 0.3) is 15.9 Å². The number of aromatic nitrogens is 2. The smallest absolute Gasteiger partial charge is 0.345 e. The van der Waals surface area contributed by atoms with Gasteiger partial charge < -0.3 is 14.6 Å². The van der Waals surface area contributed by atoms with Gasteiger partial charge >= 0.3 is 5.97 Å². The Morgan fingerprint density at radius 1 is 1.32 bits per heavy atom. The van der Waals surface area contributed by atoms with Crippen LogP contribution < -0.4 is 4.74 Å². The molecule has 0 unspecified atom stereocenters. The molecule has 0 aliphatic rings. The van der Waals surface area contributed by atoms with Gasteiger partial charge in [-0.2, -0.15) is 5.10 Å². The summed E-state index contributed by atoms with van der Waals surface area (Å²) < 4.78 is 12.0. The lowest BCUT2D eigenvalue weighted by Gasteiger charge is -2.04. The molecule has 2 heterocycles.